The summed E-state index contributed by atoms with van der Waals surface area (Å²) in [5.74, 6) is 2.99. The van der Waals surface area contributed by atoms with Crippen LogP contribution in [0.15, 0.2) is 29.4 Å². The zero-order valence-electron chi connectivity index (χ0n) is 18.1. The molecule has 2 atom stereocenters. The Balaban J connectivity index is 2.11. The number of aromatic nitrogens is 3. The summed E-state index contributed by atoms with van der Waals surface area (Å²) < 4.78 is 13.3. The van der Waals surface area contributed by atoms with Gasteiger partial charge in [-0.2, -0.15) is 0 Å². The zero-order valence-corrected chi connectivity index (χ0v) is 19.0. The number of carbonyl (C=O) groups is 1. The summed E-state index contributed by atoms with van der Waals surface area (Å²) >= 11 is 1.40. The average Bonchev–Trinajstić information content (AvgIpc) is 3.08. The SMILES string of the molecule is CCC(C)NC(=O)CSc1nnc(C(C)Oc2ccc(OC)cc2)n1CC(C)C. The van der Waals surface area contributed by atoms with Gasteiger partial charge >= 0.3 is 0 Å². The van der Waals surface area contributed by atoms with Gasteiger partial charge in [-0.25, -0.2) is 0 Å². The number of benzene rings is 1. The van der Waals surface area contributed by atoms with Crippen molar-refractivity contribution in [1.82, 2.24) is 20.1 Å². The van der Waals surface area contributed by atoms with E-state index >= 15 is 0 Å². The smallest absolute Gasteiger partial charge is 0.230 e. The van der Waals surface area contributed by atoms with Crippen LogP contribution < -0.4 is 14.8 Å². The largest absolute Gasteiger partial charge is 0.497 e. The number of ether oxygens (including phenoxy) is 2. The molecule has 7 nitrogen and oxygen atoms in total. The summed E-state index contributed by atoms with van der Waals surface area (Å²) in [4.78, 5) is 12.1. The number of methoxy groups -OCH3 is 1. The molecule has 0 aliphatic carbocycles. The molecule has 2 rings (SSSR count). The second kappa shape index (κ2) is 11.1. The molecular formula is C21H32N4O3S. The molecule has 1 aromatic heterocycles. The molecule has 29 heavy (non-hydrogen) atoms. The summed E-state index contributed by atoms with van der Waals surface area (Å²) in [6.45, 7) is 11.0. The summed E-state index contributed by atoms with van der Waals surface area (Å²) in [6, 6.07) is 7.63. The standard InChI is InChI=1S/C21H32N4O3S/c1-7-15(4)22-19(26)13-29-21-24-23-20(25(21)12-14(2)3)16(5)28-18-10-8-17(27-6)9-11-18/h8-11,14-16H,7,12-13H2,1-6H3,(H,22,26). The van der Waals surface area contributed by atoms with Crippen molar-refractivity contribution in [3.8, 4) is 11.5 Å². The monoisotopic (exact) mass is 420 g/mol. The van der Waals surface area contributed by atoms with E-state index in [4.69, 9.17) is 9.47 Å². The first kappa shape index (κ1) is 23.1. The van der Waals surface area contributed by atoms with E-state index < -0.39 is 0 Å². The third kappa shape index (κ3) is 6.96. The van der Waals surface area contributed by atoms with Crippen LogP contribution in [0.5, 0.6) is 11.5 Å². The molecule has 1 aromatic carbocycles. The number of thioether (sulfide) groups is 1. The predicted octanol–water partition coefficient (Wildman–Crippen LogP) is 4.09. The molecule has 2 aromatic rings. The topological polar surface area (TPSA) is 78.3 Å². The summed E-state index contributed by atoms with van der Waals surface area (Å²) in [5.41, 5.74) is 0. The molecule has 0 spiro atoms. The van der Waals surface area contributed by atoms with Gasteiger partial charge in [-0.15, -0.1) is 10.2 Å². The van der Waals surface area contributed by atoms with Gasteiger partial charge in [-0.3, -0.25) is 4.79 Å². The van der Waals surface area contributed by atoms with Crippen molar-refractivity contribution in [3.05, 3.63) is 30.1 Å². The minimum absolute atomic E-state index is 0.00697. The minimum Gasteiger partial charge on any atom is -0.497 e. The zero-order chi connectivity index (χ0) is 21.4. The van der Waals surface area contributed by atoms with Crippen molar-refractivity contribution in [1.29, 1.82) is 0 Å². The van der Waals surface area contributed by atoms with Gasteiger partial charge in [0.2, 0.25) is 5.91 Å². The fourth-order valence-corrected chi connectivity index (χ4v) is 3.47. The highest BCUT2D eigenvalue weighted by molar-refractivity contribution is 7.99. The van der Waals surface area contributed by atoms with E-state index in [1.54, 1.807) is 7.11 Å². The van der Waals surface area contributed by atoms with Crippen molar-refractivity contribution in [2.75, 3.05) is 12.9 Å². The van der Waals surface area contributed by atoms with E-state index in [0.717, 1.165) is 35.4 Å². The maximum Gasteiger partial charge on any atom is 0.230 e. The van der Waals surface area contributed by atoms with Crippen molar-refractivity contribution in [2.45, 2.75) is 64.9 Å². The molecule has 160 valence electrons. The van der Waals surface area contributed by atoms with Crippen LogP contribution in [0, 0.1) is 5.92 Å². The number of nitrogens with one attached hydrogen (secondary N) is 1. The Bertz CT molecular complexity index is 777. The van der Waals surface area contributed by atoms with E-state index in [9.17, 15) is 4.79 Å². The Kier molecular flexibility index (Phi) is 8.82. The number of amides is 1. The van der Waals surface area contributed by atoms with E-state index in [0.29, 0.717) is 11.7 Å². The first-order valence-corrected chi connectivity index (χ1v) is 11.0. The van der Waals surface area contributed by atoms with Crippen molar-refractivity contribution >= 4 is 17.7 Å². The third-order valence-electron chi connectivity index (χ3n) is 4.38. The van der Waals surface area contributed by atoms with Crippen LogP contribution in [0.25, 0.3) is 0 Å². The van der Waals surface area contributed by atoms with E-state index in [-0.39, 0.29) is 18.1 Å². The lowest BCUT2D eigenvalue weighted by atomic mass is 10.2. The number of nitrogens with zero attached hydrogens (tertiary/aromatic N) is 3. The fraction of sp³-hybridized carbons (Fsp3) is 0.571. The molecule has 0 saturated heterocycles. The van der Waals surface area contributed by atoms with Crippen LogP contribution in [0.4, 0.5) is 0 Å². The van der Waals surface area contributed by atoms with Crippen LogP contribution in [-0.2, 0) is 11.3 Å². The van der Waals surface area contributed by atoms with Gasteiger partial charge in [0.25, 0.3) is 0 Å². The van der Waals surface area contributed by atoms with Crippen molar-refractivity contribution in [3.63, 3.8) is 0 Å². The highest BCUT2D eigenvalue weighted by Crippen LogP contribution is 2.26. The highest BCUT2D eigenvalue weighted by atomic mass is 32.2. The van der Waals surface area contributed by atoms with E-state index in [2.05, 4.69) is 33.9 Å². The Morgan fingerprint density at radius 1 is 1.14 bits per heavy atom. The van der Waals surface area contributed by atoms with Crippen LogP contribution in [0.3, 0.4) is 0 Å². The van der Waals surface area contributed by atoms with Crippen LogP contribution in [-0.4, -0.2) is 39.6 Å². The van der Waals surface area contributed by atoms with Gasteiger partial charge in [0, 0.05) is 12.6 Å². The molecule has 2 unspecified atom stereocenters. The molecular weight excluding hydrogens is 388 g/mol. The predicted molar refractivity (Wildman–Crippen MR) is 116 cm³/mol. The van der Waals surface area contributed by atoms with Gasteiger partial charge in [-0.05, 0) is 50.5 Å². The number of hydrogen-bond acceptors (Lipinski definition) is 6. The van der Waals surface area contributed by atoms with E-state index in [1.807, 2.05) is 45.0 Å². The maximum atomic E-state index is 12.1. The highest BCUT2D eigenvalue weighted by Gasteiger charge is 2.21. The normalized spacial score (nSPS) is 13.2. The lowest BCUT2D eigenvalue weighted by Crippen LogP contribution is -2.33. The van der Waals surface area contributed by atoms with Crippen LogP contribution >= 0.6 is 11.8 Å². The molecule has 0 bridgehead atoms. The molecule has 1 heterocycles. The Hall–Kier alpha value is -2.22. The number of hydrogen-bond donors (Lipinski definition) is 1. The second-order valence-corrected chi connectivity index (χ2v) is 8.39. The quantitative estimate of drug-likeness (QED) is 0.552. The first-order valence-electron chi connectivity index (χ1n) is 10.00. The van der Waals surface area contributed by atoms with Gasteiger partial charge in [0.15, 0.2) is 17.1 Å². The molecule has 0 fully saturated rings. The van der Waals surface area contributed by atoms with Crippen LogP contribution in [0.1, 0.15) is 53.0 Å². The average molecular weight is 421 g/mol. The first-order chi connectivity index (χ1) is 13.8. The number of rotatable bonds is 11. The minimum atomic E-state index is -0.280. The van der Waals surface area contributed by atoms with Gasteiger partial charge in [0.1, 0.15) is 11.5 Å². The Morgan fingerprint density at radius 3 is 2.38 bits per heavy atom. The number of carbonyl (C=O) groups excluding carboxylic acids is 1. The summed E-state index contributed by atoms with van der Waals surface area (Å²) in [5, 5.41) is 12.4. The molecule has 0 saturated carbocycles. The third-order valence-corrected chi connectivity index (χ3v) is 5.35. The Labute approximate surface area is 177 Å². The van der Waals surface area contributed by atoms with Crippen molar-refractivity contribution in [2.24, 2.45) is 5.92 Å². The molecule has 0 aliphatic rings. The van der Waals surface area contributed by atoms with Crippen molar-refractivity contribution < 1.29 is 14.3 Å². The van der Waals surface area contributed by atoms with Crippen LogP contribution in [0.2, 0.25) is 0 Å². The summed E-state index contributed by atoms with van der Waals surface area (Å²) in [6.07, 6.45) is 0.627. The molecule has 8 heteroatoms. The van der Waals surface area contributed by atoms with Gasteiger partial charge in [-0.1, -0.05) is 32.5 Å². The van der Waals surface area contributed by atoms with E-state index in [1.165, 1.54) is 11.8 Å². The summed E-state index contributed by atoms with van der Waals surface area (Å²) in [7, 11) is 1.63. The molecule has 0 aliphatic heterocycles. The fourth-order valence-electron chi connectivity index (χ4n) is 2.70. The lowest BCUT2D eigenvalue weighted by molar-refractivity contribution is -0.119. The molecule has 0 radical (unpaired) electrons. The van der Waals surface area contributed by atoms with Gasteiger partial charge < -0.3 is 19.4 Å². The van der Waals surface area contributed by atoms with Gasteiger partial charge in [0.05, 0.1) is 12.9 Å². The Morgan fingerprint density at radius 2 is 1.79 bits per heavy atom. The molecule has 1 amide bonds. The maximum absolute atomic E-state index is 12.1. The molecule has 1 N–H and O–H groups in total. The lowest BCUT2D eigenvalue weighted by Gasteiger charge is -2.18. The second-order valence-electron chi connectivity index (χ2n) is 7.45.